The second kappa shape index (κ2) is 6.79. The third kappa shape index (κ3) is 3.30. The first-order valence-corrected chi connectivity index (χ1v) is 9.58. The lowest BCUT2D eigenvalue weighted by Gasteiger charge is -2.27. The average Bonchev–Trinajstić information content (AvgIpc) is 3.17. The molecule has 0 spiro atoms. The van der Waals surface area contributed by atoms with Gasteiger partial charge in [0.1, 0.15) is 0 Å². The molecule has 2 bridgehead atoms. The van der Waals surface area contributed by atoms with Crippen molar-refractivity contribution in [1.82, 2.24) is 10.2 Å². The van der Waals surface area contributed by atoms with Crippen LogP contribution in [0.25, 0.3) is 0 Å². The van der Waals surface area contributed by atoms with E-state index in [1.807, 2.05) is 17.0 Å². The molecule has 0 radical (unpaired) electrons. The van der Waals surface area contributed by atoms with E-state index in [0.29, 0.717) is 25.0 Å². The Morgan fingerprint density at radius 3 is 2.64 bits per heavy atom. The average molecular weight is 341 g/mol. The highest BCUT2D eigenvalue weighted by Gasteiger charge is 2.39. The summed E-state index contributed by atoms with van der Waals surface area (Å²) in [6.07, 6.45) is 4.75. The summed E-state index contributed by atoms with van der Waals surface area (Å²) in [5, 5.41) is 3.61. The Morgan fingerprint density at radius 2 is 1.88 bits per heavy atom. The van der Waals surface area contributed by atoms with Crippen molar-refractivity contribution in [1.29, 1.82) is 0 Å². The number of rotatable bonds is 3. The molecule has 0 aliphatic carbocycles. The lowest BCUT2D eigenvalue weighted by Crippen LogP contribution is -2.42. The maximum atomic E-state index is 13.0. The summed E-state index contributed by atoms with van der Waals surface area (Å²) >= 11 is 0. The SMILES string of the molecule is CCc1ccc(N2CC(C(=O)N3CCC4CCC(C3)N4)CC2=O)cc1. The second-order valence-corrected chi connectivity index (χ2v) is 7.64. The van der Waals surface area contributed by atoms with E-state index in [2.05, 4.69) is 24.4 Å². The lowest BCUT2D eigenvalue weighted by atomic mass is 10.0. The van der Waals surface area contributed by atoms with Crippen molar-refractivity contribution in [3.63, 3.8) is 0 Å². The molecule has 134 valence electrons. The molecule has 3 saturated heterocycles. The van der Waals surface area contributed by atoms with Gasteiger partial charge in [0.15, 0.2) is 0 Å². The molecule has 3 heterocycles. The number of benzene rings is 1. The Hall–Kier alpha value is -1.88. The molecule has 1 N–H and O–H groups in total. The van der Waals surface area contributed by atoms with E-state index in [0.717, 1.165) is 38.0 Å². The van der Waals surface area contributed by atoms with Crippen LogP contribution < -0.4 is 10.2 Å². The zero-order valence-electron chi connectivity index (χ0n) is 14.9. The van der Waals surface area contributed by atoms with E-state index in [-0.39, 0.29) is 17.7 Å². The van der Waals surface area contributed by atoms with E-state index in [1.165, 1.54) is 12.0 Å². The van der Waals surface area contributed by atoms with Crippen LogP contribution >= 0.6 is 0 Å². The first-order valence-electron chi connectivity index (χ1n) is 9.58. The summed E-state index contributed by atoms with van der Waals surface area (Å²) in [6, 6.07) is 9.13. The molecule has 25 heavy (non-hydrogen) atoms. The lowest BCUT2D eigenvalue weighted by molar-refractivity contribution is -0.136. The highest BCUT2D eigenvalue weighted by atomic mass is 16.2. The summed E-state index contributed by atoms with van der Waals surface area (Å²) < 4.78 is 0. The normalized spacial score (nSPS) is 29.2. The van der Waals surface area contributed by atoms with E-state index >= 15 is 0 Å². The van der Waals surface area contributed by atoms with Crippen molar-refractivity contribution in [3.8, 4) is 0 Å². The van der Waals surface area contributed by atoms with Crippen LogP contribution in [0.4, 0.5) is 5.69 Å². The summed E-state index contributed by atoms with van der Waals surface area (Å²) in [4.78, 5) is 29.2. The van der Waals surface area contributed by atoms with Crippen LogP contribution in [0.5, 0.6) is 0 Å². The van der Waals surface area contributed by atoms with Crippen LogP contribution in [-0.4, -0.2) is 48.4 Å². The van der Waals surface area contributed by atoms with Gasteiger partial charge in [-0.3, -0.25) is 9.59 Å². The predicted octanol–water partition coefficient (Wildman–Crippen LogP) is 1.95. The summed E-state index contributed by atoms with van der Waals surface area (Å²) in [5.41, 5.74) is 2.17. The van der Waals surface area contributed by atoms with Gasteiger partial charge in [-0.15, -0.1) is 0 Å². The number of aryl methyl sites for hydroxylation is 1. The maximum absolute atomic E-state index is 13.0. The largest absolute Gasteiger partial charge is 0.341 e. The van der Waals surface area contributed by atoms with Gasteiger partial charge in [0.2, 0.25) is 11.8 Å². The van der Waals surface area contributed by atoms with Gasteiger partial charge in [-0.2, -0.15) is 0 Å². The van der Waals surface area contributed by atoms with Crippen molar-refractivity contribution < 1.29 is 9.59 Å². The molecular formula is C20H27N3O2. The van der Waals surface area contributed by atoms with Gasteiger partial charge in [0.25, 0.3) is 0 Å². The molecular weight excluding hydrogens is 314 g/mol. The standard InChI is InChI=1S/C20H27N3O2/c1-2-14-3-7-18(8-4-14)23-12-15(11-19(23)24)20(25)22-10-9-16-5-6-17(13-22)21-16/h3-4,7-8,15-17,21H,2,5-6,9-13H2,1H3. The van der Waals surface area contributed by atoms with Crippen molar-refractivity contribution in [2.75, 3.05) is 24.5 Å². The van der Waals surface area contributed by atoms with Crippen molar-refractivity contribution >= 4 is 17.5 Å². The van der Waals surface area contributed by atoms with Gasteiger partial charge in [0, 0.05) is 43.8 Å². The number of carbonyl (C=O) groups is 2. The Kier molecular flexibility index (Phi) is 4.50. The molecule has 3 aliphatic heterocycles. The first-order chi connectivity index (χ1) is 12.1. The van der Waals surface area contributed by atoms with Crippen molar-refractivity contribution in [3.05, 3.63) is 29.8 Å². The smallest absolute Gasteiger partial charge is 0.228 e. The minimum Gasteiger partial charge on any atom is -0.341 e. The predicted molar refractivity (Wildman–Crippen MR) is 97.4 cm³/mol. The third-order valence-corrected chi connectivity index (χ3v) is 5.97. The molecule has 3 atom stereocenters. The second-order valence-electron chi connectivity index (χ2n) is 7.64. The summed E-state index contributed by atoms with van der Waals surface area (Å²) in [7, 11) is 0. The summed E-state index contributed by atoms with van der Waals surface area (Å²) in [5.74, 6) is 0.0300. The molecule has 5 nitrogen and oxygen atoms in total. The van der Waals surface area contributed by atoms with Crippen molar-refractivity contribution in [2.24, 2.45) is 5.92 Å². The Labute approximate surface area is 149 Å². The first kappa shape index (κ1) is 16.6. The van der Waals surface area contributed by atoms with Gasteiger partial charge in [-0.1, -0.05) is 19.1 Å². The maximum Gasteiger partial charge on any atom is 0.228 e. The topological polar surface area (TPSA) is 52.7 Å². The monoisotopic (exact) mass is 341 g/mol. The number of likely N-dealkylation sites (tertiary alicyclic amines) is 1. The molecule has 5 heteroatoms. The van der Waals surface area contributed by atoms with Crippen LogP contribution in [0.2, 0.25) is 0 Å². The molecule has 0 saturated carbocycles. The molecule has 0 aromatic heterocycles. The molecule has 2 amide bonds. The van der Waals surface area contributed by atoms with Crippen molar-refractivity contribution in [2.45, 2.75) is 51.1 Å². The zero-order chi connectivity index (χ0) is 17.4. The minimum atomic E-state index is -0.199. The number of nitrogens with zero attached hydrogens (tertiary/aromatic N) is 2. The number of amides is 2. The fraction of sp³-hybridized carbons (Fsp3) is 0.600. The van der Waals surface area contributed by atoms with E-state index in [1.54, 1.807) is 4.90 Å². The fourth-order valence-electron chi connectivity index (χ4n) is 4.44. The zero-order valence-corrected chi connectivity index (χ0v) is 14.9. The quantitative estimate of drug-likeness (QED) is 0.914. The molecule has 1 aromatic rings. The van der Waals surface area contributed by atoms with Crippen LogP contribution in [0, 0.1) is 5.92 Å². The van der Waals surface area contributed by atoms with Gasteiger partial charge in [-0.05, 0) is 43.4 Å². The minimum absolute atomic E-state index is 0.0667. The van der Waals surface area contributed by atoms with Crippen LogP contribution in [0.15, 0.2) is 24.3 Å². The highest BCUT2D eigenvalue weighted by molar-refractivity contribution is 6.00. The number of nitrogens with one attached hydrogen (secondary N) is 1. The Balaban J connectivity index is 1.43. The molecule has 4 rings (SSSR count). The number of carbonyl (C=O) groups excluding carboxylic acids is 2. The molecule has 1 aromatic carbocycles. The number of hydrogen-bond donors (Lipinski definition) is 1. The number of fused-ring (bicyclic) bond motifs is 2. The molecule has 3 fully saturated rings. The van der Waals surface area contributed by atoms with E-state index < -0.39 is 0 Å². The molecule has 3 unspecified atom stereocenters. The third-order valence-electron chi connectivity index (χ3n) is 5.97. The Morgan fingerprint density at radius 1 is 1.12 bits per heavy atom. The van der Waals surface area contributed by atoms with E-state index in [9.17, 15) is 9.59 Å². The summed E-state index contributed by atoms with van der Waals surface area (Å²) in [6.45, 7) is 4.25. The van der Waals surface area contributed by atoms with Gasteiger partial charge in [0.05, 0.1) is 5.92 Å². The molecule has 3 aliphatic rings. The number of hydrogen-bond acceptors (Lipinski definition) is 3. The van der Waals surface area contributed by atoms with Gasteiger partial charge >= 0.3 is 0 Å². The fourth-order valence-corrected chi connectivity index (χ4v) is 4.44. The van der Waals surface area contributed by atoms with E-state index in [4.69, 9.17) is 0 Å². The van der Waals surface area contributed by atoms with Gasteiger partial charge < -0.3 is 15.1 Å². The number of anilines is 1. The highest BCUT2D eigenvalue weighted by Crippen LogP contribution is 2.28. The van der Waals surface area contributed by atoms with Crippen LogP contribution in [0.3, 0.4) is 0 Å². The van der Waals surface area contributed by atoms with Crippen LogP contribution in [0.1, 0.15) is 38.2 Å². The van der Waals surface area contributed by atoms with Crippen LogP contribution in [-0.2, 0) is 16.0 Å². The van der Waals surface area contributed by atoms with Gasteiger partial charge in [-0.25, -0.2) is 0 Å². The Bertz CT molecular complexity index is 657.